The minimum Gasteiger partial charge on any atom is -0.378 e. The lowest BCUT2D eigenvalue weighted by molar-refractivity contribution is 0.306. The number of nitrogens with two attached hydrogens (primary N) is 1. The maximum Gasteiger partial charge on any atom is 0.243 e. The minimum atomic E-state index is 0.118. The van der Waals surface area contributed by atoms with Crippen LogP contribution in [0.4, 0.5) is 5.82 Å². The first-order valence-electron chi connectivity index (χ1n) is 7.19. The van der Waals surface area contributed by atoms with Crippen LogP contribution in [-0.4, -0.2) is 37.2 Å². The Morgan fingerprint density at radius 2 is 2.08 bits per heavy atom. The standard InChI is InChI=1S/C15H13N9O/c1-9(19-18-8-12-5-3-11(7-16)4-6-12)13-10(2)24(23-20-13)15-14(17)21-25-22-15/h3-6,8H,1-2H3,(H2,17,21)/b18-8-,19-9-. The van der Waals surface area contributed by atoms with E-state index in [1.54, 1.807) is 44.3 Å². The van der Waals surface area contributed by atoms with E-state index in [0.717, 1.165) is 5.56 Å². The molecule has 0 saturated heterocycles. The molecule has 10 heteroatoms. The zero-order valence-electron chi connectivity index (χ0n) is 13.5. The number of nitrogen functional groups attached to an aromatic ring is 1. The molecule has 3 aromatic rings. The van der Waals surface area contributed by atoms with Gasteiger partial charge in [0.1, 0.15) is 5.69 Å². The zero-order valence-corrected chi connectivity index (χ0v) is 13.5. The average molecular weight is 335 g/mol. The van der Waals surface area contributed by atoms with Gasteiger partial charge in [-0.2, -0.15) is 20.1 Å². The van der Waals surface area contributed by atoms with Crippen molar-refractivity contribution in [1.82, 2.24) is 25.3 Å². The fraction of sp³-hybridized carbons (Fsp3) is 0.133. The molecule has 0 fully saturated rings. The summed E-state index contributed by atoms with van der Waals surface area (Å²) in [4.78, 5) is 0. The molecular formula is C15H13N9O. The largest absolute Gasteiger partial charge is 0.378 e. The van der Waals surface area contributed by atoms with Crippen LogP contribution in [0.1, 0.15) is 29.4 Å². The van der Waals surface area contributed by atoms with E-state index < -0.39 is 0 Å². The molecular weight excluding hydrogens is 322 g/mol. The number of nitrogens with zero attached hydrogens (tertiary/aromatic N) is 8. The smallest absolute Gasteiger partial charge is 0.243 e. The quantitative estimate of drug-likeness (QED) is 0.558. The molecule has 0 bridgehead atoms. The highest BCUT2D eigenvalue weighted by Crippen LogP contribution is 2.15. The van der Waals surface area contributed by atoms with E-state index in [1.807, 2.05) is 0 Å². The molecule has 3 rings (SSSR count). The lowest BCUT2D eigenvalue weighted by Crippen LogP contribution is -2.04. The Hall–Kier alpha value is -3.87. The molecule has 0 saturated carbocycles. The van der Waals surface area contributed by atoms with Crippen molar-refractivity contribution >= 4 is 17.7 Å². The molecule has 0 amide bonds. The third-order valence-electron chi connectivity index (χ3n) is 3.39. The van der Waals surface area contributed by atoms with E-state index in [0.29, 0.717) is 22.7 Å². The highest BCUT2D eigenvalue weighted by Gasteiger charge is 2.17. The van der Waals surface area contributed by atoms with Crippen molar-refractivity contribution < 1.29 is 4.63 Å². The highest BCUT2D eigenvalue weighted by atomic mass is 16.6. The van der Waals surface area contributed by atoms with Gasteiger partial charge in [0.2, 0.25) is 11.6 Å². The molecule has 10 nitrogen and oxygen atoms in total. The molecule has 2 N–H and O–H groups in total. The molecule has 0 aliphatic rings. The number of anilines is 1. The van der Waals surface area contributed by atoms with Gasteiger partial charge in [0.05, 0.1) is 29.3 Å². The molecule has 1 aromatic carbocycles. The third-order valence-corrected chi connectivity index (χ3v) is 3.39. The summed E-state index contributed by atoms with van der Waals surface area (Å²) in [7, 11) is 0. The second kappa shape index (κ2) is 6.71. The second-order valence-corrected chi connectivity index (χ2v) is 5.07. The van der Waals surface area contributed by atoms with Gasteiger partial charge in [-0.3, -0.25) is 0 Å². The number of hydrogen-bond acceptors (Lipinski definition) is 9. The van der Waals surface area contributed by atoms with Crippen LogP contribution in [0, 0.1) is 18.3 Å². The predicted molar refractivity (Wildman–Crippen MR) is 89.3 cm³/mol. The van der Waals surface area contributed by atoms with Gasteiger partial charge >= 0.3 is 0 Å². The van der Waals surface area contributed by atoms with Crippen molar-refractivity contribution in [3.63, 3.8) is 0 Å². The molecule has 0 spiro atoms. The van der Waals surface area contributed by atoms with Crippen LogP contribution < -0.4 is 5.73 Å². The van der Waals surface area contributed by atoms with Crippen LogP contribution in [0.15, 0.2) is 39.1 Å². The molecule has 2 heterocycles. The van der Waals surface area contributed by atoms with Crippen LogP contribution in [0.25, 0.3) is 5.82 Å². The summed E-state index contributed by atoms with van der Waals surface area (Å²) in [6.07, 6.45) is 1.59. The lowest BCUT2D eigenvalue weighted by Gasteiger charge is -1.98. The maximum absolute atomic E-state index is 8.77. The Kier molecular flexibility index (Phi) is 4.30. The first-order valence-corrected chi connectivity index (χ1v) is 7.19. The van der Waals surface area contributed by atoms with E-state index in [9.17, 15) is 0 Å². The van der Waals surface area contributed by atoms with Crippen LogP contribution >= 0.6 is 0 Å². The van der Waals surface area contributed by atoms with Crippen molar-refractivity contribution in [2.75, 3.05) is 5.73 Å². The van der Waals surface area contributed by atoms with E-state index in [1.165, 1.54) is 4.68 Å². The number of aromatic nitrogens is 5. The summed E-state index contributed by atoms with van der Waals surface area (Å²) >= 11 is 0. The highest BCUT2D eigenvalue weighted by molar-refractivity contribution is 5.98. The molecule has 0 atom stereocenters. The van der Waals surface area contributed by atoms with E-state index >= 15 is 0 Å². The molecule has 124 valence electrons. The van der Waals surface area contributed by atoms with E-state index in [-0.39, 0.29) is 11.6 Å². The third kappa shape index (κ3) is 3.25. The normalized spacial score (nSPS) is 11.8. The van der Waals surface area contributed by atoms with Gasteiger partial charge in [-0.25, -0.2) is 4.63 Å². The van der Waals surface area contributed by atoms with Crippen molar-refractivity contribution in [2.24, 2.45) is 10.2 Å². The Balaban J connectivity index is 1.81. The van der Waals surface area contributed by atoms with E-state index in [4.69, 9.17) is 11.0 Å². The predicted octanol–water partition coefficient (Wildman–Crippen LogP) is 1.26. The number of rotatable bonds is 4. The number of hydrogen-bond donors (Lipinski definition) is 1. The van der Waals surface area contributed by atoms with Crippen LogP contribution in [0.3, 0.4) is 0 Å². The van der Waals surface area contributed by atoms with Crippen molar-refractivity contribution in [2.45, 2.75) is 13.8 Å². The molecule has 2 aromatic heterocycles. The minimum absolute atomic E-state index is 0.118. The van der Waals surface area contributed by atoms with Gasteiger partial charge in [0.25, 0.3) is 0 Å². The maximum atomic E-state index is 8.77. The van der Waals surface area contributed by atoms with Crippen LogP contribution in [-0.2, 0) is 0 Å². The molecule has 0 radical (unpaired) electrons. The van der Waals surface area contributed by atoms with Gasteiger partial charge in [-0.15, -0.1) is 5.10 Å². The summed E-state index contributed by atoms with van der Waals surface area (Å²) in [5.41, 5.74) is 8.89. The fourth-order valence-electron chi connectivity index (χ4n) is 2.08. The molecule has 0 aliphatic heterocycles. The topological polar surface area (TPSA) is 144 Å². The van der Waals surface area contributed by atoms with Crippen molar-refractivity contribution in [1.29, 1.82) is 5.26 Å². The lowest BCUT2D eigenvalue weighted by atomic mass is 10.2. The fourth-order valence-corrected chi connectivity index (χ4v) is 2.08. The summed E-state index contributed by atoms with van der Waals surface area (Å²) in [5, 5.41) is 32.2. The van der Waals surface area contributed by atoms with Gasteiger partial charge in [0, 0.05) is 0 Å². The monoisotopic (exact) mass is 335 g/mol. The molecule has 0 aliphatic carbocycles. The zero-order chi connectivity index (χ0) is 17.8. The Labute approximate surface area is 142 Å². The Morgan fingerprint density at radius 1 is 1.32 bits per heavy atom. The summed E-state index contributed by atoms with van der Waals surface area (Å²) in [6, 6.07) is 9.06. The first kappa shape index (κ1) is 16.0. The Morgan fingerprint density at radius 3 is 2.72 bits per heavy atom. The second-order valence-electron chi connectivity index (χ2n) is 5.07. The summed E-state index contributed by atoms with van der Waals surface area (Å²) in [5.74, 6) is 0.387. The molecule has 0 unspecified atom stereocenters. The first-order chi connectivity index (χ1) is 12.1. The van der Waals surface area contributed by atoms with Gasteiger partial charge in [0.15, 0.2) is 0 Å². The average Bonchev–Trinajstić information content (AvgIpc) is 3.20. The van der Waals surface area contributed by atoms with Crippen molar-refractivity contribution in [3.05, 3.63) is 46.8 Å². The summed E-state index contributed by atoms with van der Waals surface area (Å²) in [6.45, 7) is 3.56. The Bertz CT molecular complexity index is 989. The SMILES string of the molecule is C/C(=N/N=C\c1ccc(C#N)cc1)c1nnn(-c2nonc2N)c1C. The van der Waals surface area contributed by atoms with Gasteiger partial charge < -0.3 is 5.73 Å². The van der Waals surface area contributed by atoms with Gasteiger partial charge in [-0.1, -0.05) is 17.3 Å². The number of benzene rings is 1. The summed E-state index contributed by atoms with van der Waals surface area (Å²) < 4.78 is 5.99. The van der Waals surface area contributed by atoms with Crippen molar-refractivity contribution in [3.8, 4) is 11.9 Å². The number of nitriles is 1. The van der Waals surface area contributed by atoms with Crippen LogP contribution in [0.2, 0.25) is 0 Å². The van der Waals surface area contributed by atoms with E-state index in [2.05, 4.69) is 41.5 Å². The molecule has 25 heavy (non-hydrogen) atoms. The van der Waals surface area contributed by atoms with Gasteiger partial charge in [-0.05, 0) is 41.9 Å². The van der Waals surface area contributed by atoms with Crippen LogP contribution in [0.5, 0.6) is 0 Å².